The molecule has 1 aromatic rings. The molecule has 1 fully saturated rings. The maximum atomic E-state index is 10.6. The lowest BCUT2D eigenvalue weighted by Crippen LogP contribution is -2.29. The van der Waals surface area contributed by atoms with Gasteiger partial charge in [-0.2, -0.15) is 23.5 Å². The zero-order chi connectivity index (χ0) is 14.0. The van der Waals surface area contributed by atoms with E-state index < -0.39 is 0 Å². The first kappa shape index (κ1) is 15.3. The Bertz CT molecular complexity index is 408. The topological polar surface area (TPSA) is 20.2 Å². The summed E-state index contributed by atoms with van der Waals surface area (Å²) in [5, 5.41) is 11.4. The minimum absolute atomic E-state index is 0.173. The van der Waals surface area contributed by atoms with Gasteiger partial charge in [-0.1, -0.05) is 52.0 Å². The first-order chi connectivity index (χ1) is 8.89. The van der Waals surface area contributed by atoms with Crippen molar-refractivity contribution in [3.63, 3.8) is 0 Å². The van der Waals surface area contributed by atoms with E-state index in [2.05, 4.69) is 52.0 Å². The van der Waals surface area contributed by atoms with Gasteiger partial charge in [-0.3, -0.25) is 0 Å². The van der Waals surface area contributed by atoms with E-state index in [0.717, 1.165) is 11.3 Å². The summed E-state index contributed by atoms with van der Waals surface area (Å²) in [6.07, 6.45) is -0.346. The molecule has 2 rings (SSSR count). The van der Waals surface area contributed by atoms with Crippen molar-refractivity contribution in [2.24, 2.45) is 0 Å². The molecule has 0 spiro atoms. The molecule has 0 amide bonds. The van der Waals surface area contributed by atoms with Crippen LogP contribution in [-0.4, -0.2) is 27.1 Å². The second-order valence-electron chi connectivity index (χ2n) is 6.23. The maximum Gasteiger partial charge on any atom is 0.0919 e. The van der Waals surface area contributed by atoms with Crippen LogP contribution in [0.15, 0.2) is 24.3 Å². The van der Waals surface area contributed by atoms with Gasteiger partial charge in [0.2, 0.25) is 0 Å². The number of thioether (sulfide) groups is 2. The van der Waals surface area contributed by atoms with Gasteiger partial charge in [0.25, 0.3) is 0 Å². The fourth-order valence-electron chi connectivity index (χ4n) is 2.37. The van der Waals surface area contributed by atoms with Crippen LogP contribution in [0, 0.1) is 0 Å². The van der Waals surface area contributed by atoms with Crippen molar-refractivity contribution in [2.45, 2.75) is 49.7 Å². The van der Waals surface area contributed by atoms with Crippen molar-refractivity contribution in [3.05, 3.63) is 35.4 Å². The fraction of sp³-hybridized carbons (Fsp3) is 0.625. The summed E-state index contributed by atoms with van der Waals surface area (Å²) in [4.78, 5) is 0. The third kappa shape index (κ3) is 3.71. The molecule has 3 atom stereocenters. The van der Waals surface area contributed by atoms with Crippen molar-refractivity contribution in [2.75, 3.05) is 11.5 Å². The summed E-state index contributed by atoms with van der Waals surface area (Å²) in [5.74, 6) is 2.36. The zero-order valence-electron chi connectivity index (χ0n) is 12.2. The van der Waals surface area contributed by atoms with E-state index in [0.29, 0.717) is 10.5 Å². The largest absolute Gasteiger partial charge is 0.387 e. The minimum Gasteiger partial charge on any atom is -0.387 e. The van der Waals surface area contributed by atoms with Crippen LogP contribution in [0.4, 0.5) is 0 Å². The Hall–Kier alpha value is -0.120. The highest BCUT2D eigenvalue weighted by atomic mass is 32.2. The number of benzene rings is 1. The molecule has 106 valence electrons. The first-order valence-corrected chi connectivity index (χ1v) is 9.01. The van der Waals surface area contributed by atoms with Crippen LogP contribution >= 0.6 is 23.5 Å². The van der Waals surface area contributed by atoms with Crippen LogP contribution in [-0.2, 0) is 5.41 Å². The highest BCUT2D eigenvalue weighted by Gasteiger charge is 2.30. The van der Waals surface area contributed by atoms with E-state index in [1.807, 2.05) is 23.5 Å². The van der Waals surface area contributed by atoms with E-state index in [9.17, 15) is 5.11 Å². The molecule has 1 aliphatic heterocycles. The molecule has 0 aromatic heterocycles. The van der Waals surface area contributed by atoms with E-state index in [-0.39, 0.29) is 11.5 Å². The van der Waals surface area contributed by atoms with Crippen LogP contribution < -0.4 is 0 Å². The molecule has 0 radical (unpaired) electrons. The molecule has 3 unspecified atom stereocenters. The van der Waals surface area contributed by atoms with Gasteiger partial charge in [-0.15, -0.1) is 0 Å². The Kier molecular flexibility index (Phi) is 4.91. The summed E-state index contributed by atoms with van der Waals surface area (Å²) >= 11 is 3.89. The molecule has 1 nitrogen and oxygen atoms in total. The Balaban J connectivity index is 2.13. The Morgan fingerprint density at radius 3 is 2.21 bits per heavy atom. The van der Waals surface area contributed by atoms with Crippen molar-refractivity contribution < 1.29 is 5.11 Å². The van der Waals surface area contributed by atoms with Crippen molar-refractivity contribution in [1.82, 2.24) is 0 Å². The quantitative estimate of drug-likeness (QED) is 0.881. The van der Waals surface area contributed by atoms with Crippen molar-refractivity contribution in [1.29, 1.82) is 0 Å². The molecule has 0 bridgehead atoms. The maximum absolute atomic E-state index is 10.6. The van der Waals surface area contributed by atoms with E-state index in [1.165, 1.54) is 11.3 Å². The van der Waals surface area contributed by atoms with Gasteiger partial charge in [0.15, 0.2) is 0 Å². The summed E-state index contributed by atoms with van der Waals surface area (Å²) in [6, 6.07) is 8.50. The van der Waals surface area contributed by atoms with Crippen molar-refractivity contribution in [3.8, 4) is 0 Å². The van der Waals surface area contributed by atoms with Gasteiger partial charge in [-0.05, 0) is 16.5 Å². The smallest absolute Gasteiger partial charge is 0.0919 e. The van der Waals surface area contributed by atoms with Crippen LogP contribution in [0.5, 0.6) is 0 Å². The van der Waals surface area contributed by atoms with Gasteiger partial charge in [0.05, 0.1) is 6.10 Å². The van der Waals surface area contributed by atoms with Crippen LogP contribution in [0.2, 0.25) is 0 Å². The summed E-state index contributed by atoms with van der Waals surface area (Å²) < 4.78 is 0. The second-order valence-corrected chi connectivity index (χ2v) is 9.00. The summed E-state index contributed by atoms with van der Waals surface area (Å²) in [7, 11) is 0. The fourth-order valence-corrected chi connectivity index (χ4v) is 5.20. The monoisotopic (exact) mass is 296 g/mol. The Morgan fingerprint density at radius 2 is 1.68 bits per heavy atom. The van der Waals surface area contributed by atoms with Gasteiger partial charge >= 0.3 is 0 Å². The minimum atomic E-state index is -0.346. The zero-order valence-corrected chi connectivity index (χ0v) is 13.9. The molecule has 1 heterocycles. The molecule has 3 heteroatoms. The van der Waals surface area contributed by atoms with E-state index >= 15 is 0 Å². The third-order valence-electron chi connectivity index (χ3n) is 3.67. The SMILES string of the molecule is CC1SCCSC1C(O)c1ccc(C(C)(C)C)cc1. The summed E-state index contributed by atoms with van der Waals surface area (Å²) in [5.41, 5.74) is 2.55. The lowest BCUT2D eigenvalue weighted by molar-refractivity contribution is 0.174. The number of aliphatic hydroxyl groups is 1. The average molecular weight is 297 g/mol. The van der Waals surface area contributed by atoms with Gasteiger partial charge < -0.3 is 5.11 Å². The Labute approximate surface area is 125 Å². The lowest BCUT2D eigenvalue weighted by atomic mass is 9.86. The van der Waals surface area contributed by atoms with Gasteiger partial charge in [0, 0.05) is 22.0 Å². The molecular weight excluding hydrogens is 272 g/mol. The molecule has 1 N–H and O–H groups in total. The van der Waals surface area contributed by atoms with E-state index in [1.54, 1.807) is 0 Å². The second kappa shape index (κ2) is 6.11. The predicted octanol–water partition coefficient (Wildman–Crippen LogP) is 4.25. The molecule has 1 saturated heterocycles. The van der Waals surface area contributed by atoms with Gasteiger partial charge in [0.1, 0.15) is 0 Å². The first-order valence-electron chi connectivity index (χ1n) is 6.91. The number of aliphatic hydroxyl groups excluding tert-OH is 1. The van der Waals surface area contributed by atoms with Crippen molar-refractivity contribution >= 4 is 23.5 Å². The number of hydrogen-bond acceptors (Lipinski definition) is 3. The lowest BCUT2D eigenvalue weighted by Gasteiger charge is -2.32. The molecular formula is C16H24OS2. The highest BCUT2D eigenvalue weighted by Crippen LogP contribution is 2.38. The highest BCUT2D eigenvalue weighted by molar-refractivity contribution is 8.07. The summed E-state index contributed by atoms with van der Waals surface area (Å²) in [6.45, 7) is 8.88. The van der Waals surface area contributed by atoms with E-state index in [4.69, 9.17) is 0 Å². The molecule has 0 aliphatic carbocycles. The molecule has 0 saturated carbocycles. The third-order valence-corrected chi connectivity index (χ3v) is 6.85. The Morgan fingerprint density at radius 1 is 1.11 bits per heavy atom. The standard InChI is InChI=1S/C16H24OS2/c1-11-15(19-10-9-18-11)14(17)12-5-7-13(8-6-12)16(2,3)4/h5-8,11,14-15,17H,9-10H2,1-4H3. The molecule has 1 aromatic carbocycles. The van der Waals surface area contributed by atoms with Crippen LogP contribution in [0.3, 0.4) is 0 Å². The van der Waals surface area contributed by atoms with Gasteiger partial charge in [-0.25, -0.2) is 0 Å². The molecule has 1 aliphatic rings. The molecule has 19 heavy (non-hydrogen) atoms. The van der Waals surface area contributed by atoms with Crippen LogP contribution in [0.25, 0.3) is 0 Å². The number of hydrogen-bond donors (Lipinski definition) is 1. The predicted molar refractivity (Wildman–Crippen MR) is 88.3 cm³/mol. The number of rotatable bonds is 2. The average Bonchev–Trinajstić information content (AvgIpc) is 2.38. The normalized spacial score (nSPS) is 26.2. The van der Waals surface area contributed by atoms with Crippen LogP contribution in [0.1, 0.15) is 44.9 Å².